The summed E-state index contributed by atoms with van der Waals surface area (Å²) >= 11 is 7.36. The number of rotatable bonds is 10. The van der Waals surface area contributed by atoms with Gasteiger partial charge in [-0.1, -0.05) is 54.1 Å². The van der Waals surface area contributed by atoms with Gasteiger partial charge in [0.05, 0.1) is 18.6 Å². The Hall–Kier alpha value is -4.99. The van der Waals surface area contributed by atoms with Gasteiger partial charge in [0.2, 0.25) is 5.91 Å². The standard InChI is InChI=1S/C33H27ClN4O4S/c1-42-30-15-14-23(34)17-28(30)37-31(39)20-43-25-11-7-10-24(18-25)36-33(41)29(38-32(40)21-8-3-2-4-9-21)16-22-19-35-27-13-6-5-12-26(22)27/h2-19,35H,20H2,1H3,(H,36,41)(H,37,39)(H,38,40)/b29-16-. The Kier molecular flexibility index (Phi) is 9.46. The second-order valence-electron chi connectivity index (χ2n) is 9.33. The summed E-state index contributed by atoms with van der Waals surface area (Å²) in [5.41, 5.74) is 3.14. The van der Waals surface area contributed by atoms with Gasteiger partial charge in [0.1, 0.15) is 11.4 Å². The number of hydrogen-bond acceptors (Lipinski definition) is 5. The topological polar surface area (TPSA) is 112 Å². The lowest BCUT2D eigenvalue weighted by atomic mass is 10.1. The van der Waals surface area contributed by atoms with Crippen LogP contribution in [0.15, 0.2) is 114 Å². The van der Waals surface area contributed by atoms with Gasteiger partial charge in [-0.25, -0.2) is 0 Å². The number of hydrogen-bond donors (Lipinski definition) is 4. The van der Waals surface area contributed by atoms with E-state index in [1.807, 2.05) is 36.4 Å². The number of anilines is 2. The molecule has 43 heavy (non-hydrogen) atoms. The molecule has 8 nitrogen and oxygen atoms in total. The molecule has 5 rings (SSSR count). The van der Waals surface area contributed by atoms with E-state index >= 15 is 0 Å². The molecule has 0 saturated carbocycles. The number of amides is 3. The largest absolute Gasteiger partial charge is 0.495 e. The number of para-hydroxylation sites is 1. The molecule has 0 aliphatic carbocycles. The Morgan fingerprint density at radius 1 is 0.907 bits per heavy atom. The molecule has 0 spiro atoms. The number of thioether (sulfide) groups is 1. The van der Waals surface area contributed by atoms with Crippen LogP contribution in [0.2, 0.25) is 5.02 Å². The molecule has 1 heterocycles. The highest BCUT2D eigenvalue weighted by molar-refractivity contribution is 8.00. The summed E-state index contributed by atoms with van der Waals surface area (Å²) in [6.07, 6.45) is 3.43. The van der Waals surface area contributed by atoms with Gasteiger partial charge in [-0.2, -0.15) is 0 Å². The van der Waals surface area contributed by atoms with Crippen LogP contribution in [-0.2, 0) is 9.59 Å². The third-order valence-corrected chi connectivity index (χ3v) is 7.58. The number of aromatic amines is 1. The highest BCUT2D eigenvalue weighted by Gasteiger charge is 2.17. The number of halogens is 1. The van der Waals surface area contributed by atoms with E-state index < -0.39 is 11.8 Å². The van der Waals surface area contributed by atoms with Crippen LogP contribution in [-0.4, -0.2) is 35.6 Å². The molecule has 0 unspecified atom stereocenters. The first kappa shape index (κ1) is 29.5. The smallest absolute Gasteiger partial charge is 0.272 e. The Labute approximate surface area is 257 Å². The van der Waals surface area contributed by atoms with E-state index in [2.05, 4.69) is 20.9 Å². The third-order valence-electron chi connectivity index (χ3n) is 6.35. The monoisotopic (exact) mass is 610 g/mol. The van der Waals surface area contributed by atoms with Crippen molar-refractivity contribution < 1.29 is 19.1 Å². The predicted octanol–water partition coefficient (Wildman–Crippen LogP) is 6.97. The van der Waals surface area contributed by atoms with Crippen LogP contribution >= 0.6 is 23.4 Å². The summed E-state index contributed by atoms with van der Waals surface area (Å²) in [7, 11) is 1.52. The van der Waals surface area contributed by atoms with Crippen LogP contribution in [0, 0.1) is 0 Å². The van der Waals surface area contributed by atoms with Gasteiger partial charge in [0.25, 0.3) is 11.8 Å². The van der Waals surface area contributed by atoms with Crippen LogP contribution in [0.1, 0.15) is 15.9 Å². The molecular weight excluding hydrogens is 584 g/mol. The third kappa shape index (κ3) is 7.65. The van der Waals surface area contributed by atoms with E-state index in [0.717, 1.165) is 21.4 Å². The van der Waals surface area contributed by atoms with Gasteiger partial charge in [0.15, 0.2) is 0 Å². The number of H-pyrrole nitrogens is 1. The van der Waals surface area contributed by atoms with Crippen LogP contribution in [0.3, 0.4) is 0 Å². The first-order valence-corrected chi connectivity index (χ1v) is 14.6. The van der Waals surface area contributed by atoms with Crippen molar-refractivity contribution in [1.29, 1.82) is 0 Å². The van der Waals surface area contributed by atoms with Gasteiger partial charge >= 0.3 is 0 Å². The lowest BCUT2D eigenvalue weighted by Gasteiger charge is -2.12. The van der Waals surface area contributed by atoms with Crippen molar-refractivity contribution in [2.75, 3.05) is 23.5 Å². The number of aromatic nitrogens is 1. The molecule has 0 aliphatic heterocycles. The summed E-state index contributed by atoms with van der Waals surface area (Å²) < 4.78 is 5.29. The molecule has 0 saturated heterocycles. The molecular formula is C33H27ClN4O4S. The molecule has 3 amide bonds. The molecule has 216 valence electrons. The Morgan fingerprint density at radius 3 is 2.51 bits per heavy atom. The minimum absolute atomic E-state index is 0.0755. The van der Waals surface area contributed by atoms with Crippen molar-refractivity contribution in [2.45, 2.75) is 4.90 Å². The quantitative estimate of drug-likeness (QED) is 0.101. The van der Waals surface area contributed by atoms with Crippen molar-refractivity contribution in [1.82, 2.24) is 10.3 Å². The van der Waals surface area contributed by atoms with Crippen LogP contribution in [0.5, 0.6) is 5.75 Å². The zero-order valence-corrected chi connectivity index (χ0v) is 24.6. The fourth-order valence-corrected chi connectivity index (χ4v) is 5.21. The van der Waals surface area contributed by atoms with Crippen molar-refractivity contribution in [3.05, 3.63) is 125 Å². The lowest BCUT2D eigenvalue weighted by Crippen LogP contribution is -2.30. The van der Waals surface area contributed by atoms with Crippen LogP contribution in [0.4, 0.5) is 11.4 Å². The molecule has 4 N–H and O–H groups in total. The zero-order valence-electron chi connectivity index (χ0n) is 23.0. The fourth-order valence-electron chi connectivity index (χ4n) is 4.29. The summed E-state index contributed by atoms with van der Waals surface area (Å²) in [6.45, 7) is 0. The molecule has 0 bridgehead atoms. The molecule has 0 aliphatic rings. The highest BCUT2D eigenvalue weighted by Crippen LogP contribution is 2.29. The normalized spacial score (nSPS) is 11.2. The molecule has 5 aromatic rings. The maximum absolute atomic E-state index is 13.5. The molecule has 0 fully saturated rings. The van der Waals surface area contributed by atoms with Gasteiger partial charge in [0, 0.05) is 43.8 Å². The molecule has 10 heteroatoms. The maximum Gasteiger partial charge on any atom is 0.272 e. The summed E-state index contributed by atoms with van der Waals surface area (Å²) in [5, 5.41) is 9.84. The number of benzene rings is 4. The minimum Gasteiger partial charge on any atom is -0.495 e. The van der Waals surface area contributed by atoms with E-state index in [-0.39, 0.29) is 17.4 Å². The van der Waals surface area contributed by atoms with E-state index in [0.29, 0.717) is 27.7 Å². The second-order valence-corrected chi connectivity index (χ2v) is 10.8. The molecule has 4 aromatic carbocycles. The minimum atomic E-state index is -0.498. The number of methoxy groups -OCH3 is 1. The Balaban J connectivity index is 1.30. The molecule has 0 atom stereocenters. The molecule has 1 aromatic heterocycles. The second kappa shape index (κ2) is 13.8. The fraction of sp³-hybridized carbons (Fsp3) is 0.0606. The van der Waals surface area contributed by atoms with Crippen molar-refractivity contribution in [3.63, 3.8) is 0 Å². The summed E-state index contributed by atoms with van der Waals surface area (Å²) in [6, 6.07) is 28.5. The van der Waals surface area contributed by atoms with Gasteiger partial charge < -0.3 is 25.7 Å². The number of nitrogens with one attached hydrogen (secondary N) is 4. The number of carbonyl (C=O) groups is 3. The van der Waals surface area contributed by atoms with Crippen molar-refractivity contribution in [2.24, 2.45) is 0 Å². The van der Waals surface area contributed by atoms with E-state index in [1.54, 1.807) is 72.9 Å². The van der Waals surface area contributed by atoms with Crippen LogP contribution < -0.4 is 20.7 Å². The van der Waals surface area contributed by atoms with Gasteiger partial charge in [-0.05, 0) is 60.7 Å². The van der Waals surface area contributed by atoms with E-state index in [4.69, 9.17) is 16.3 Å². The summed E-state index contributed by atoms with van der Waals surface area (Å²) in [5.74, 6) is -0.529. The first-order chi connectivity index (χ1) is 20.9. The predicted molar refractivity (Wildman–Crippen MR) is 173 cm³/mol. The first-order valence-electron chi connectivity index (χ1n) is 13.2. The van der Waals surface area contributed by atoms with Crippen LogP contribution in [0.25, 0.3) is 17.0 Å². The number of fused-ring (bicyclic) bond motifs is 1. The van der Waals surface area contributed by atoms with Crippen molar-refractivity contribution in [3.8, 4) is 5.75 Å². The number of ether oxygens (including phenoxy) is 1. The highest BCUT2D eigenvalue weighted by atomic mass is 35.5. The van der Waals surface area contributed by atoms with E-state index in [9.17, 15) is 14.4 Å². The lowest BCUT2D eigenvalue weighted by molar-refractivity contribution is -0.114. The molecule has 0 radical (unpaired) electrons. The van der Waals surface area contributed by atoms with Gasteiger partial charge in [-0.3, -0.25) is 14.4 Å². The van der Waals surface area contributed by atoms with Crippen molar-refractivity contribution >= 4 is 69.4 Å². The SMILES string of the molecule is COc1ccc(Cl)cc1NC(=O)CSc1cccc(NC(=O)/C(=C/c2c[nH]c3ccccc23)NC(=O)c2ccccc2)c1. The Bertz CT molecular complexity index is 1820. The zero-order chi connectivity index (χ0) is 30.2. The number of carbonyl (C=O) groups excluding carboxylic acids is 3. The maximum atomic E-state index is 13.5. The van der Waals surface area contributed by atoms with Gasteiger partial charge in [-0.15, -0.1) is 11.8 Å². The average Bonchev–Trinajstić information content (AvgIpc) is 3.43. The summed E-state index contributed by atoms with van der Waals surface area (Å²) in [4.78, 5) is 43.1. The Morgan fingerprint density at radius 2 is 1.70 bits per heavy atom. The average molecular weight is 611 g/mol. The van der Waals surface area contributed by atoms with E-state index in [1.165, 1.54) is 18.9 Å².